The molecule has 0 unspecified atom stereocenters. The first kappa shape index (κ1) is 14.3. The van der Waals surface area contributed by atoms with Crippen LogP contribution in [0.15, 0.2) is 53.3 Å². The molecular weight excluding hydrogens is 278 g/mol. The second-order valence-electron chi connectivity index (χ2n) is 4.93. The molecule has 22 heavy (non-hydrogen) atoms. The fraction of sp³-hybridized carbons (Fsp3) is 0.176. The van der Waals surface area contributed by atoms with Crippen molar-refractivity contribution in [2.24, 2.45) is 5.73 Å². The first-order valence-corrected chi connectivity index (χ1v) is 7.08. The van der Waals surface area contributed by atoms with E-state index >= 15 is 0 Å². The predicted octanol–water partition coefficient (Wildman–Crippen LogP) is 2.03. The molecule has 0 fully saturated rings. The largest absolute Gasteiger partial charge is 0.497 e. The van der Waals surface area contributed by atoms with Gasteiger partial charge in [0.25, 0.3) is 5.56 Å². The van der Waals surface area contributed by atoms with Crippen LogP contribution in [-0.4, -0.2) is 23.2 Å². The lowest BCUT2D eigenvalue weighted by molar-refractivity contribution is 0.415. The van der Waals surface area contributed by atoms with Crippen LogP contribution in [0.1, 0.15) is 0 Å². The van der Waals surface area contributed by atoms with Crippen LogP contribution in [-0.2, 0) is 6.54 Å². The number of hydrogen-bond donors (Lipinski definition) is 1. The van der Waals surface area contributed by atoms with Crippen LogP contribution in [0.2, 0.25) is 0 Å². The number of hydrogen-bond acceptors (Lipinski definition) is 4. The van der Waals surface area contributed by atoms with Crippen molar-refractivity contribution in [3.05, 3.63) is 58.9 Å². The van der Waals surface area contributed by atoms with E-state index in [9.17, 15) is 4.79 Å². The number of rotatable bonds is 4. The van der Waals surface area contributed by atoms with Crippen LogP contribution < -0.4 is 16.0 Å². The quantitative estimate of drug-likeness (QED) is 0.799. The molecule has 2 N–H and O–H groups in total. The fourth-order valence-electron chi connectivity index (χ4n) is 2.47. The Morgan fingerprint density at radius 2 is 1.86 bits per heavy atom. The molecule has 0 radical (unpaired) electrons. The summed E-state index contributed by atoms with van der Waals surface area (Å²) in [7, 11) is 1.62. The van der Waals surface area contributed by atoms with Gasteiger partial charge in [-0.2, -0.15) is 0 Å². The highest BCUT2D eigenvalue weighted by molar-refractivity contribution is 5.79. The van der Waals surface area contributed by atoms with E-state index in [1.54, 1.807) is 17.7 Å². The highest BCUT2D eigenvalue weighted by atomic mass is 16.5. The average Bonchev–Trinajstić information content (AvgIpc) is 2.57. The molecule has 0 atom stereocenters. The van der Waals surface area contributed by atoms with Gasteiger partial charge in [-0.3, -0.25) is 9.36 Å². The number of nitrogens with two attached hydrogens (primary N) is 1. The summed E-state index contributed by atoms with van der Waals surface area (Å²) < 4.78 is 6.80. The van der Waals surface area contributed by atoms with Crippen LogP contribution >= 0.6 is 0 Å². The normalized spacial score (nSPS) is 10.8. The molecule has 1 aromatic heterocycles. The van der Waals surface area contributed by atoms with Gasteiger partial charge < -0.3 is 10.5 Å². The Bertz CT molecular complexity index is 854. The zero-order chi connectivity index (χ0) is 15.5. The molecule has 3 rings (SSSR count). The van der Waals surface area contributed by atoms with Crippen molar-refractivity contribution in [2.75, 3.05) is 13.7 Å². The molecule has 112 valence electrons. The van der Waals surface area contributed by atoms with Crippen LogP contribution in [0, 0.1) is 0 Å². The lowest BCUT2D eigenvalue weighted by Gasteiger charge is -2.13. The number of methoxy groups -OCH3 is 1. The zero-order valence-electron chi connectivity index (χ0n) is 12.3. The highest BCUT2D eigenvalue weighted by Crippen LogP contribution is 2.21. The summed E-state index contributed by atoms with van der Waals surface area (Å²) in [5.74, 6) is 1.38. The molecule has 0 bridgehead atoms. The Morgan fingerprint density at radius 1 is 1.14 bits per heavy atom. The number of fused-ring (bicyclic) bond motifs is 1. The van der Waals surface area contributed by atoms with E-state index in [1.807, 2.05) is 42.5 Å². The van der Waals surface area contributed by atoms with E-state index < -0.39 is 0 Å². The molecule has 3 aromatic rings. The third-order valence-corrected chi connectivity index (χ3v) is 3.56. The van der Waals surface area contributed by atoms with Crippen LogP contribution in [0.4, 0.5) is 0 Å². The minimum atomic E-state index is -0.0677. The molecule has 0 aliphatic heterocycles. The van der Waals surface area contributed by atoms with Gasteiger partial charge in [-0.1, -0.05) is 12.1 Å². The van der Waals surface area contributed by atoms with Crippen molar-refractivity contribution in [3.63, 3.8) is 0 Å². The smallest absolute Gasteiger partial charge is 0.261 e. The second kappa shape index (κ2) is 5.99. The lowest BCUT2D eigenvalue weighted by Crippen LogP contribution is -2.26. The average molecular weight is 295 g/mol. The van der Waals surface area contributed by atoms with E-state index in [0.717, 1.165) is 11.3 Å². The molecule has 0 saturated heterocycles. The van der Waals surface area contributed by atoms with Crippen molar-refractivity contribution in [1.82, 2.24) is 9.55 Å². The van der Waals surface area contributed by atoms with E-state index in [2.05, 4.69) is 4.98 Å². The number of nitrogens with zero attached hydrogens (tertiary/aromatic N) is 2. The summed E-state index contributed by atoms with van der Waals surface area (Å²) in [6.07, 6.45) is 0. The van der Waals surface area contributed by atoms with Gasteiger partial charge in [-0.25, -0.2) is 4.98 Å². The minimum Gasteiger partial charge on any atom is -0.497 e. The topological polar surface area (TPSA) is 70.1 Å². The summed E-state index contributed by atoms with van der Waals surface area (Å²) in [6.45, 7) is 0.807. The Balaban J connectivity index is 2.26. The van der Waals surface area contributed by atoms with Gasteiger partial charge in [-0.15, -0.1) is 0 Å². The Kier molecular flexibility index (Phi) is 3.89. The van der Waals surface area contributed by atoms with Gasteiger partial charge in [0.2, 0.25) is 0 Å². The van der Waals surface area contributed by atoms with E-state index in [0.29, 0.717) is 29.8 Å². The molecule has 2 aromatic carbocycles. The zero-order valence-corrected chi connectivity index (χ0v) is 12.3. The highest BCUT2D eigenvalue weighted by Gasteiger charge is 2.12. The molecule has 0 aliphatic rings. The maximum Gasteiger partial charge on any atom is 0.261 e. The van der Waals surface area contributed by atoms with E-state index in [1.165, 1.54) is 0 Å². The molecule has 0 spiro atoms. The summed E-state index contributed by atoms with van der Waals surface area (Å²) in [6, 6.07) is 14.8. The summed E-state index contributed by atoms with van der Waals surface area (Å²) in [5.41, 5.74) is 7.14. The van der Waals surface area contributed by atoms with Crippen molar-refractivity contribution in [2.45, 2.75) is 6.54 Å². The fourth-order valence-corrected chi connectivity index (χ4v) is 2.47. The lowest BCUT2D eigenvalue weighted by atomic mass is 10.1. The Hall–Kier alpha value is -2.66. The Labute approximate surface area is 128 Å². The van der Waals surface area contributed by atoms with Crippen molar-refractivity contribution in [1.29, 1.82) is 0 Å². The van der Waals surface area contributed by atoms with Gasteiger partial charge in [-0.05, 0) is 36.4 Å². The number of para-hydroxylation sites is 1. The van der Waals surface area contributed by atoms with E-state index in [4.69, 9.17) is 10.5 Å². The third kappa shape index (κ3) is 2.46. The molecule has 5 heteroatoms. The molecule has 0 amide bonds. The first-order valence-electron chi connectivity index (χ1n) is 7.08. The monoisotopic (exact) mass is 295 g/mol. The number of ether oxygens (including phenoxy) is 1. The van der Waals surface area contributed by atoms with Crippen molar-refractivity contribution >= 4 is 10.9 Å². The number of benzene rings is 2. The molecule has 0 saturated carbocycles. The molecule has 5 nitrogen and oxygen atoms in total. The molecule has 1 heterocycles. The van der Waals surface area contributed by atoms with Gasteiger partial charge >= 0.3 is 0 Å². The van der Waals surface area contributed by atoms with E-state index in [-0.39, 0.29) is 5.56 Å². The van der Waals surface area contributed by atoms with Crippen molar-refractivity contribution < 1.29 is 4.74 Å². The second-order valence-corrected chi connectivity index (χ2v) is 4.93. The van der Waals surface area contributed by atoms with Crippen LogP contribution in [0.25, 0.3) is 22.3 Å². The standard InChI is InChI=1S/C17H17N3O2/c1-22-13-8-6-12(7-9-13)16-19-15-5-3-2-4-14(15)17(21)20(16)11-10-18/h2-9H,10-11,18H2,1H3. The predicted molar refractivity (Wildman–Crippen MR) is 87.0 cm³/mol. The SMILES string of the molecule is COc1ccc(-c2nc3ccccc3c(=O)n2CCN)cc1. The summed E-state index contributed by atoms with van der Waals surface area (Å²) in [4.78, 5) is 17.3. The molecule has 0 aliphatic carbocycles. The Morgan fingerprint density at radius 3 is 2.55 bits per heavy atom. The maximum atomic E-state index is 12.7. The first-order chi connectivity index (χ1) is 10.7. The third-order valence-electron chi connectivity index (χ3n) is 3.56. The summed E-state index contributed by atoms with van der Waals surface area (Å²) in [5, 5.41) is 0.605. The summed E-state index contributed by atoms with van der Waals surface area (Å²) >= 11 is 0. The minimum absolute atomic E-state index is 0.0677. The van der Waals surface area contributed by atoms with Crippen LogP contribution in [0.3, 0.4) is 0 Å². The molecular formula is C17H17N3O2. The number of aromatic nitrogens is 2. The van der Waals surface area contributed by atoms with Crippen molar-refractivity contribution in [3.8, 4) is 17.1 Å². The maximum absolute atomic E-state index is 12.7. The van der Waals surface area contributed by atoms with Gasteiger partial charge in [0.05, 0.1) is 18.0 Å². The van der Waals surface area contributed by atoms with Crippen LogP contribution in [0.5, 0.6) is 5.75 Å². The van der Waals surface area contributed by atoms with Gasteiger partial charge in [0.1, 0.15) is 11.6 Å². The van der Waals surface area contributed by atoms with Gasteiger partial charge in [0, 0.05) is 18.7 Å². The van der Waals surface area contributed by atoms with Gasteiger partial charge in [0.15, 0.2) is 0 Å².